The molecule has 1 aliphatic rings. The van der Waals surface area contributed by atoms with Gasteiger partial charge in [0.1, 0.15) is 17.0 Å². The highest BCUT2D eigenvalue weighted by atomic mass is 32.2. The van der Waals surface area contributed by atoms with E-state index in [9.17, 15) is 4.39 Å². The lowest BCUT2D eigenvalue weighted by Crippen LogP contribution is -2.06. The van der Waals surface area contributed by atoms with E-state index in [0.29, 0.717) is 0 Å². The van der Waals surface area contributed by atoms with Crippen LogP contribution in [-0.4, -0.2) is 5.04 Å². The molecule has 1 heterocycles. The maximum absolute atomic E-state index is 13.1. The number of nitrogens with zero attached hydrogens (tertiary/aromatic N) is 1. The molecule has 1 atom stereocenters. The standard InChI is InChI=1S/C20H15FN2S/c21-18-11-9-14(10-12-18)16-7-4-8-17(13-16)19-22-20(24-23-19)15-5-2-1-3-6-15/h1-13,19,23H. The summed E-state index contributed by atoms with van der Waals surface area (Å²) in [6, 6.07) is 24.9. The largest absolute Gasteiger partial charge is 0.252 e. The summed E-state index contributed by atoms with van der Waals surface area (Å²) in [6.07, 6.45) is -0.0781. The van der Waals surface area contributed by atoms with E-state index in [4.69, 9.17) is 4.99 Å². The fourth-order valence-electron chi connectivity index (χ4n) is 2.67. The van der Waals surface area contributed by atoms with Crippen LogP contribution in [0.3, 0.4) is 0 Å². The summed E-state index contributed by atoms with van der Waals surface area (Å²) >= 11 is 1.55. The molecule has 1 N–H and O–H groups in total. The lowest BCUT2D eigenvalue weighted by Gasteiger charge is -2.09. The van der Waals surface area contributed by atoms with Gasteiger partial charge in [-0.2, -0.15) is 0 Å². The highest BCUT2D eigenvalue weighted by Gasteiger charge is 2.20. The van der Waals surface area contributed by atoms with E-state index < -0.39 is 0 Å². The van der Waals surface area contributed by atoms with E-state index in [1.54, 1.807) is 24.1 Å². The average Bonchev–Trinajstić information content (AvgIpc) is 3.13. The van der Waals surface area contributed by atoms with E-state index >= 15 is 0 Å². The number of hydrogen-bond acceptors (Lipinski definition) is 3. The van der Waals surface area contributed by atoms with Crippen LogP contribution in [0.15, 0.2) is 83.9 Å². The smallest absolute Gasteiger partial charge is 0.136 e. The van der Waals surface area contributed by atoms with Crippen molar-refractivity contribution < 1.29 is 4.39 Å². The quantitative estimate of drug-likeness (QED) is 0.667. The van der Waals surface area contributed by atoms with Crippen LogP contribution in [0, 0.1) is 5.82 Å². The van der Waals surface area contributed by atoms with E-state index in [2.05, 4.69) is 29.0 Å². The first kappa shape index (κ1) is 15.1. The van der Waals surface area contributed by atoms with Crippen LogP contribution in [0.25, 0.3) is 11.1 Å². The zero-order chi connectivity index (χ0) is 16.4. The number of halogens is 1. The predicted molar refractivity (Wildman–Crippen MR) is 98.3 cm³/mol. The summed E-state index contributed by atoms with van der Waals surface area (Å²) in [5.41, 5.74) is 4.27. The van der Waals surface area contributed by atoms with Crippen molar-refractivity contribution in [2.75, 3.05) is 0 Å². The molecule has 3 aromatic carbocycles. The molecule has 1 unspecified atom stereocenters. The van der Waals surface area contributed by atoms with Gasteiger partial charge < -0.3 is 0 Å². The number of nitrogens with one attached hydrogen (secondary N) is 1. The Balaban J connectivity index is 1.62. The van der Waals surface area contributed by atoms with Gasteiger partial charge >= 0.3 is 0 Å². The number of rotatable bonds is 3. The Morgan fingerprint density at radius 2 is 1.54 bits per heavy atom. The third-order valence-corrected chi connectivity index (χ3v) is 4.79. The minimum atomic E-state index is -0.221. The van der Waals surface area contributed by atoms with Crippen molar-refractivity contribution >= 4 is 17.0 Å². The zero-order valence-corrected chi connectivity index (χ0v) is 13.6. The molecule has 118 valence electrons. The Morgan fingerprint density at radius 1 is 0.792 bits per heavy atom. The van der Waals surface area contributed by atoms with Gasteiger partial charge in [0.05, 0.1) is 0 Å². The maximum atomic E-state index is 13.1. The summed E-state index contributed by atoms with van der Waals surface area (Å²) in [5, 5.41) is 0.993. The topological polar surface area (TPSA) is 24.4 Å². The molecule has 1 aliphatic heterocycles. The Morgan fingerprint density at radius 3 is 2.33 bits per heavy atom. The van der Waals surface area contributed by atoms with Crippen molar-refractivity contribution in [3.63, 3.8) is 0 Å². The highest BCUT2D eigenvalue weighted by molar-refractivity contribution is 8.13. The molecule has 0 fully saturated rings. The van der Waals surface area contributed by atoms with Crippen molar-refractivity contribution in [3.05, 3.63) is 95.8 Å². The van der Waals surface area contributed by atoms with Crippen LogP contribution in [0.2, 0.25) is 0 Å². The number of aliphatic imine (C=N–C) groups is 1. The van der Waals surface area contributed by atoms with Crippen LogP contribution >= 0.6 is 11.9 Å². The molecule has 0 bridgehead atoms. The maximum Gasteiger partial charge on any atom is 0.136 e. The third-order valence-electron chi connectivity index (χ3n) is 3.91. The minimum absolute atomic E-state index is 0.0781. The summed E-state index contributed by atoms with van der Waals surface area (Å²) in [5.74, 6) is -0.221. The molecule has 24 heavy (non-hydrogen) atoms. The lowest BCUT2D eigenvalue weighted by atomic mass is 10.0. The van der Waals surface area contributed by atoms with Crippen LogP contribution in [0.4, 0.5) is 4.39 Å². The Kier molecular flexibility index (Phi) is 4.15. The van der Waals surface area contributed by atoms with Gasteiger partial charge in [-0.25, -0.2) is 9.11 Å². The zero-order valence-electron chi connectivity index (χ0n) is 12.8. The van der Waals surface area contributed by atoms with E-state index in [1.165, 1.54) is 12.1 Å². The van der Waals surface area contributed by atoms with Crippen molar-refractivity contribution in [3.8, 4) is 11.1 Å². The summed E-state index contributed by atoms with van der Waals surface area (Å²) < 4.78 is 16.5. The molecule has 0 radical (unpaired) electrons. The second-order valence-electron chi connectivity index (χ2n) is 5.56. The van der Waals surface area contributed by atoms with Gasteiger partial charge in [0.2, 0.25) is 0 Å². The molecular weight excluding hydrogens is 319 g/mol. The highest BCUT2D eigenvalue weighted by Crippen LogP contribution is 2.30. The van der Waals surface area contributed by atoms with Crippen molar-refractivity contribution in [1.82, 2.24) is 4.72 Å². The predicted octanol–water partition coefficient (Wildman–Crippen LogP) is 5.19. The summed E-state index contributed by atoms with van der Waals surface area (Å²) in [4.78, 5) is 4.79. The first-order valence-corrected chi connectivity index (χ1v) is 8.53. The van der Waals surface area contributed by atoms with Crippen molar-refractivity contribution in [2.45, 2.75) is 6.17 Å². The van der Waals surface area contributed by atoms with E-state index in [-0.39, 0.29) is 12.0 Å². The monoisotopic (exact) mass is 334 g/mol. The van der Waals surface area contributed by atoms with Crippen LogP contribution in [-0.2, 0) is 0 Å². The van der Waals surface area contributed by atoms with Gasteiger partial charge in [-0.05, 0) is 46.8 Å². The van der Waals surface area contributed by atoms with Crippen LogP contribution < -0.4 is 4.72 Å². The third kappa shape index (κ3) is 3.11. The first-order valence-electron chi connectivity index (χ1n) is 7.71. The Bertz CT molecular complexity index is 876. The average molecular weight is 334 g/mol. The lowest BCUT2D eigenvalue weighted by molar-refractivity contribution is 0.628. The van der Waals surface area contributed by atoms with Crippen molar-refractivity contribution in [2.24, 2.45) is 4.99 Å². The van der Waals surface area contributed by atoms with Gasteiger partial charge in [-0.1, -0.05) is 60.7 Å². The van der Waals surface area contributed by atoms with Crippen LogP contribution in [0.1, 0.15) is 17.3 Å². The fourth-order valence-corrected chi connectivity index (χ4v) is 3.49. The molecule has 0 aromatic heterocycles. The first-order chi connectivity index (χ1) is 11.8. The molecule has 0 saturated carbocycles. The van der Waals surface area contributed by atoms with Gasteiger partial charge in [-0.3, -0.25) is 4.99 Å². The minimum Gasteiger partial charge on any atom is -0.252 e. The molecule has 3 aromatic rings. The Hall–Kier alpha value is -2.43. The van der Waals surface area contributed by atoms with E-state index in [1.807, 2.05) is 30.3 Å². The molecule has 2 nitrogen and oxygen atoms in total. The SMILES string of the molecule is Fc1ccc(-c2cccc(C3N=C(c4ccccc4)SN3)c2)cc1. The summed E-state index contributed by atoms with van der Waals surface area (Å²) in [7, 11) is 0. The molecule has 4 heteroatoms. The fraction of sp³-hybridized carbons (Fsp3) is 0.0500. The van der Waals surface area contributed by atoms with Gasteiger partial charge in [0, 0.05) is 5.56 Å². The Labute approximate surface area is 144 Å². The molecule has 0 spiro atoms. The van der Waals surface area contributed by atoms with E-state index in [0.717, 1.165) is 27.3 Å². The molecular formula is C20H15FN2S. The number of hydrogen-bond donors (Lipinski definition) is 1. The molecule has 0 amide bonds. The van der Waals surface area contributed by atoms with Gasteiger partial charge in [-0.15, -0.1) is 0 Å². The van der Waals surface area contributed by atoms with Gasteiger partial charge in [0.25, 0.3) is 0 Å². The van der Waals surface area contributed by atoms with Crippen LogP contribution in [0.5, 0.6) is 0 Å². The molecule has 0 saturated heterocycles. The molecule has 0 aliphatic carbocycles. The van der Waals surface area contributed by atoms with Gasteiger partial charge in [0.15, 0.2) is 0 Å². The second-order valence-corrected chi connectivity index (χ2v) is 6.38. The normalized spacial score (nSPS) is 16.9. The number of benzene rings is 3. The summed E-state index contributed by atoms with van der Waals surface area (Å²) in [6.45, 7) is 0. The van der Waals surface area contributed by atoms with Crippen molar-refractivity contribution in [1.29, 1.82) is 0 Å². The second kappa shape index (κ2) is 6.59. The molecule has 4 rings (SSSR count).